The number of phenolic OH excluding ortho intramolecular Hbond substituents is 1. The van der Waals surface area contributed by atoms with Crippen molar-refractivity contribution in [1.82, 2.24) is 0 Å². The van der Waals surface area contributed by atoms with E-state index in [2.05, 4.69) is 11.8 Å². The second-order valence-electron chi connectivity index (χ2n) is 3.96. The Hall–Kier alpha value is -1.94. The summed E-state index contributed by atoms with van der Waals surface area (Å²) in [5.41, 5.74) is 0.577. The molecular weight excluding hydrogens is 228 g/mol. The molecule has 3 heteroatoms. The minimum atomic E-state index is -1.04. The maximum Gasteiger partial charge on any atom is 0.181 e. The Labute approximate surface area is 107 Å². The van der Waals surface area contributed by atoms with Crippen LogP contribution in [0.5, 0.6) is 5.75 Å². The molecule has 1 unspecified atom stereocenters. The number of aliphatic hydroxyl groups excluding tert-OH is 1. The first-order chi connectivity index (χ1) is 8.67. The van der Waals surface area contributed by atoms with Gasteiger partial charge >= 0.3 is 0 Å². The molecule has 0 spiro atoms. The number of benzene rings is 1. The molecule has 94 valence electrons. The summed E-state index contributed by atoms with van der Waals surface area (Å²) in [5, 5.41) is 18.9. The lowest BCUT2D eigenvalue weighted by Gasteiger charge is -2.16. The molecule has 1 atom stereocenters. The van der Waals surface area contributed by atoms with E-state index in [1.165, 1.54) is 12.1 Å². The van der Waals surface area contributed by atoms with Crippen molar-refractivity contribution in [3.8, 4) is 30.4 Å². The van der Waals surface area contributed by atoms with Gasteiger partial charge < -0.3 is 14.9 Å². The first-order valence-corrected chi connectivity index (χ1v) is 5.63. The summed E-state index contributed by atoms with van der Waals surface area (Å²) in [6.45, 7) is 0.302. The third kappa shape index (κ3) is 4.51. The number of terminal acetylenes is 2. The van der Waals surface area contributed by atoms with Crippen LogP contribution in [0.4, 0.5) is 0 Å². The number of aromatic hydroxyl groups is 1. The van der Waals surface area contributed by atoms with Gasteiger partial charge in [0.05, 0.1) is 6.61 Å². The fourth-order valence-corrected chi connectivity index (χ4v) is 1.49. The summed E-state index contributed by atoms with van der Waals surface area (Å²) in [4.78, 5) is 0. The highest BCUT2D eigenvalue weighted by Gasteiger charge is 2.12. The maximum absolute atomic E-state index is 9.79. The van der Waals surface area contributed by atoms with Gasteiger partial charge in [0, 0.05) is 24.3 Å². The highest BCUT2D eigenvalue weighted by atomic mass is 16.6. The molecule has 0 aliphatic heterocycles. The Morgan fingerprint density at radius 3 is 2.17 bits per heavy atom. The van der Waals surface area contributed by atoms with E-state index in [1.807, 2.05) is 0 Å². The molecule has 0 aliphatic rings. The van der Waals surface area contributed by atoms with Crippen molar-refractivity contribution in [3.63, 3.8) is 0 Å². The average Bonchev–Trinajstić information content (AvgIpc) is 2.37. The van der Waals surface area contributed by atoms with Gasteiger partial charge in [0.15, 0.2) is 6.29 Å². The van der Waals surface area contributed by atoms with E-state index in [1.54, 1.807) is 12.1 Å². The predicted molar refractivity (Wildman–Crippen MR) is 69.4 cm³/mol. The zero-order valence-corrected chi connectivity index (χ0v) is 10.0. The summed E-state index contributed by atoms with van der Waals surface area (Å²) < 4.78 is 5.32. The van der Waals surface area contributed by atoms with E-state index >= 15 is 0 Å². The van der Waals surface area contributed by atoms with Gasteiger partial charge in [0.25, 0.3) is 0 Å². The Bertz CT molecular complexity index is 420. The third-order valence-corrected chi connectivity index (χ3v) is 2.48. The van der Waals surface area contributed by atoms with Crippen LogP contribution in [0.3, 0.4) is 0 Å². The monoisotopic (exact) mass is 244 g/mol. The van der Waals surface area contributed by atoms with Crippen molar-refractivity contribution in [2.75, 3.05) is 6.61 Å². The maximum atomic E-state index is 9.79. The molecule has 3 nitrogen and oxygen atoms in total. The second kappa shape index (κ2) is 7.40. The van der Waals surface area contributed by atoms with Crippen LogP contribution in [-0.4, -0.2) is 16.8 Å². The molecule has 1 aromatic rings. The van der Waals surface area contributed by atoms with E-state index in [0.29, 0.717) is 25.0 Å². The van der Waals surface area contributed by atoms with Crippen molar-refractivity contribution in [2.24, 2.45) is 5.92 Å². The lowest BCUT2D eigenvalue weighted by Crippen LogP contribution is -2.12. The lowest BCUT2D eigenvalue weighted by atomic mass is 10.0. The molecule has 0 saturated heterocycles. The van der Waals surface area contributed by atoms with Crippen molar-refractivity contribution in [1.29, 1.82) is 0 Å². The molecule has 0 saturated carbocycles. The summed E-state index contributed by atoms with van der Waals surface area (Å²) in [7, 11) is 0. The number of aliphatic hydroxyl groups is 1. The Morgan fingerprint density at radius 2 is 1.67 bits per heavy atom. The molecule has 1 rings (SSSR count). The molecule has 0 aliphatic carbocycles. The highest BCUT2D eigenvalue weighted by molar-refractivity contribution is 5.26. The molecular formula is C15H16O3. The fraction of sp³-hybridized carbons (Fsp3) is 0.333. The Kier molecular flexibility index (Phi) is 5.80. The van der Waals surface area contributed by atoms with Gasteiger partial charge in [-0.3, -0.25) is 0 Å². The van der Waals surface area contributed by atoms with Crippen LogP contribution in [0.25, 0.3) is 0 Å². The standard InChI is InChI=1S/C15H16O3/c1-3-5-12(6-4-2)11-18-15(17)13-7-9-14(16)10-8-13/h1-2,7-10,12,15-17H,5-6,11H2. The van der Waals surface area contributed by atoms with Crippen molar-refractivity contribution in [3.05, 3.63) is 29.8 Å². The minimum absolute atomic E-state index is 0.0479. The largest absolute Gasteiger partial charge is 0.508 e. The van der Waals surface area contributed by atoms with Crippen molar-refractivity contribution < 1.29 is 14.9 Å². The summed E-state index contributed by atoms with van der Waals surface area (Å²) in [6, 6.07) is 6.17. The van der Waals surface area contributed by atoms with Crippen molar-refractivity contribution >= 4 is 0 Å². The SMILES string of the molecule is C#CCC(CC#C)COC(O)c1ccc(O)cc1. The number of ether oxygens (including phenoxy) is 1. The number of phenols is 1. The summed E-state index contributed by atoms with van der Waals surface area (Å²) in [5.74, 6) is 5.26. The van der Waals surface area contributed by atoms with Gasteiger partial charge in [-0.1, -0.05) is 12.1 Å². The topological polar surface area (TPSA) is 49.7 Å². The van der Waals surface area contributed by atoms with Gasteiger partial charge in [-0.2, -0.15) is 0 Å². The van der Waals surface area contributed by atoms with Crippen LogP contribution >= 0.6 is 0 Å². The molecule has 0 amide bonds. The van der Waals surface area contributed by atoms with Crippen LogP contribution in [-0.2, 0) is 4.74 Å². The van der Waals surface area contributed by atoms with Gasteiger partial charge in [-0.15, -0.1) is 24.7 Å². The molecule has 2 N–H and O–H groups in total. The van der Waals surface area contributed by atoms with Crippen LogP contribution < -0.4 is 0 Å². The van der Waals surface area contributed by atoms with Gasteiger partial charge in [-0.05, 0) is 12.1 Å². The number of hydrogen-bond donors (Lipinski definition) is 2. The van der Waals surface area contributed by atoms with Gasteiger partial charge in [-0.25, -0.2) is 0 Å². The molecule has 1 aromatic carbocycles. The molecule has 0 radical (unpaired) electrons. The van der Waals surface area contributed by atoms with Gasteiger partial charge in [0.2, 0.25) is 0 Å². The molecule has 0 heterocycles. The third-order valence-electron chi connectivity index (χ3n) is 2.48. The normalized spacial score (nSPS) is 11.8. The van der Waals surface area contributed by atoms with Gasteiger partial charge in [0.1, 0.15) is 5.75 Å². The number of rotatable bonds is 6. The van der Waals surface area contributed by atoms with E-state index in [0.717, 1.165) is 0 Å². The average molecular weight is 244 g/mol. The van der Waals surface area contributed by atoms with Crippen LogP contribution in [0.15, 0.2) is 24.3 Å². The summed E-state index contributed by atoms with van der Waals surface area (Å²) >= 11 is 0. The van der Waals surface area contributed by atoms with Crippen molar-refractivity contribution in [2.45, 2.75) is 19.1 Å². The van der Waals surface area contributed by atoms with E-state index < -0.39 is 6.29 Å². The lowest BCUT2D eigenvalue weighted by molar-refractivity contribution is -0.112. The first kappa shape index (κ1) is 14.1. The quantitative estimate of drug-likeness (QED) is 0.595. The smallest absolute Gasteiger partial charge is 0.181 e. The van der Waals surface area contributed by atoms with Crippen LogP contribution in [0, 0.1) is 30.6 Å². The molecule has 0 aromatic heterocycles. The van der Waals surface area contributed by atoms with Crippen LogP contribution in [0.2, 0.25) is 0 Å². The highest BCUT2D eigenvalue weighted by Crippen LogP contribution is 2.19. The van der Waals surface area contributed by atoms with E-state index in [9.17, 15) is 5.11 Å². The fourth-order valence-electron chi connectivity index (χ4n) is 1.49. The predicted octanol–water partition coefficient (Wildman–Crippen LogP) is 2.06. The Morgan fingerprint density at radius 1 is 1.11 bits per heavy atom. The zero-order chi connectivity index (χ0) is 13.4. The Balaban J connectivity index is 2.49. The molecule has 0 bridgehead atoms. The molecule has 18 heavy (non-hydrogen) atoms. The second-order valence-corrected chi connectivity index (χ2v) is 3.96. The summed E-state index contributed by atoms with van der Waals surface area (Å²) in [6.07, 6.45) is 10.5. The van der Waals surface area contributed by atoms with Crippen LogP contribution in [0.1, 0.15) is 24.7 Å². The van der Waals surface area contributed by atoms with E-state index in [4.69, 9.17) is 22.7 Å². The first-order valence-electron chi connectivity index (χ1n) is 5.63. The minimum Gasteiger partial charge on any atom is -0.508 e. The van der Waals surface area contributed by atoms with E-state index in [-0.39, 0.29) is 11.7 Å². The molecule has 0 fully saturated rings. The number of hydrogen-bond acceptors (Lipinski definition) is 3. The zero-order valence-electron chi connectivity index (χ0n) is 10.0.